The Bertz CT molecular complexity index is 1380. The molecule has 0 atom stereocenters. The number of hydrogen-bond acceptors (Lipinski definition) is 9. The highest BCUT2D eigenvalue weighted by Gasteiger charge is 2.30. The number of pyridine rings is 1. The van der Waals surface area contributed by atoms with Crippen molar-refractivity contribution in [3.05, 3.63) is 46.8 Å². The molecule has 0 saturated carbocycles. The van der Waals surface area contributed by atoms with Crippen LogP contribution in [0.1, 0.15) is 41.2 Å². The van der Waals surface area contributed by atoms with Crippen molar-refractivity contribution in [2.24, 2.45) is 10.1 Å². The third-order valence-electron chi connectivity index (χ3n) is 4.40. The molecule has 13 nitrogen and oxygen atoms in total. The summed E-state index contributed by atoms with van der Waals surface area (Å²) in [7, 11) is -9.08. The van der Waals surface area contributed by atoms with E-state index in [-0.39, 0.29) is 23.6 Å². The number of ether oxygens (including phenoxy) is 1. The first-order valence-corrected chi connectivity index (χ1v) is 12.5. The summed E-state index contributed by atoms with van der Waals surface area (Å²) >= 11 is 0. The minimum atomic E-state index is -4.96. The standard InChI is InChI=1S/C19H23N5O8S2/c1-10-7-12(8-11(2)21-10)18(25)22-19(3,4)9-31-16-14(32-34(28,29)30)6-5-13-15(16)17(20)24-33(26,27)23-13/h5-8,23H,9H2,1-4H3,(H2,20,24)(H,22,25)(H,28,29,30). The van der Waals surface area contributed by atoms with Gasteiger partial charge in [0.05, 0.1) is 16.8 Å². The molecule has 15 heteroatoms. The molecule has 2 aromatic rings. The third-order valence-corrected chi connectivity index (χ3v) is 5.71. The maximum Gasteiger partial charge on any atom is 0.446 e. The van der Waals surface area contributed by atoms with Gasteiger partial charge in [0.2, 0.25) is 0 Å². The van der Waals surface area contributed by atoms with E-state index in [1.165, 1.54) is 6.07 Å². The van der Waals surface area contributed by atoms with Gasteiger partial charge in [0.15, 0.2) is 17.3 Å². The molecule has 2 heterocycles. The van der Waals surface area contributed by atoms with Crippen molar-refractivity contribution >= 4 is 38.0 Å². The molecular formula is C19H23N5O8S2. The number of amides is 1. The predicted octanol–water partition coefficient (Wildman–Crippen LogP) is 0.843. The van der Waals surface area contributed by atoms with E-state index in [0.29, 0.717) is 17.0 Å². The first-order chi connectivity index (χ1) is 15.6. The van der Waals surface area contributed by atoms with E-state index in [4.69, 9.17) is 15.0 Å². The van der Waals surface area contributed by atoms with Crippen LogP contribution in [0, 0.1) is 13.8 Å². The zero-order chi connectivity index (χ0) is 25.5. The average molecular weight is 514 g/mol. The van der Waals surface area contributed by atoms with Crippen molar-refractivity contribution in [3.63, 3.8) is 0 Å². The lowest BCUT2D eigenvalue weighted by Crippen LogP contribution is -2.48. The number of amidine groups is 1. The van der Waals surface area contributed by atoms with Crippen LogP contribution in [0.15, 0.2) is 28.7 Å². The second kappa shape index (κ2) is 8.73. The van der Waals surface area contributed by atoms with Crippen molar-refractivity contribution in [2.75, 3.05) is 11.3 Å². The lowest BCUT2D eigenvalue weighted by molar-refractivity contribution is 0.0880. The van der Waals surface area contributed by atoms with Gasteiger partial charge in [-0.25, -0.2) is 0 Å². The van der Waals surface area contributed by atoms with Gasteiger partial charge in [-0.1, -0.05) is 0 Å². The van der Waals surface area contributed by atoms with Crippen LogP contribution in [0.25, 0.3) is 0 Å². The van der Waals surface area contributed by atoms with Crippen LogP contribution in [0.2, 0.25) is 0 Å². The maximum absolute atomic E-state index is 12.7. The molecular weight excluding hydrogens is 490 g/mol. The fourth-order valence-electron chi connectivity index (χ4n) is 3.20. The molecule has 1 aliphatic heterocycles. The first-order valence-electron chi connectivity index (χ1n) is 9.68. The quantitative estimate of drug-likeness (QED) is 0.385. The summed E-state index contributed by atoms with van der Waals surface area (Å²) in [5.41, 5.74) is 6.35. The molecule has 0 saturated heterocycles. The Balaban J connectivity index is 1.92. The summed E-state index contributed by atoms with van der Waals surface area (Å²) in [6.45, 7) is 6.57. The van der Waals surface area contributed by atoms with Crippen molar-refractivity contribution in [1.29, 1.82) is 0 Å². The number of hydrogen-bond donors (Lipinski definition) is 4. The molecule has 0 spiro atoms. The van der Waals surface area contributed by atoms with Crippen LogP contribution < -0.4 is 24.7 Å². The van der Waals surface area contributed by atoms with Crippen molar-refractivity contribution in [2.45, 2.75) is 33.2 Å². The monoisotopic (exact) mass is 513 g/mol. The SMILES string of the molecule is Cc1cc(C(=O)NC(C)(C)COc2c(OS(=O)(=O)O)ccc3c2C(N)=NS(=O)(=O)N3)cc(C)n1. The van der Waals surface area contributed by atoms with Crippen molar-refractivity contribution in [3.8, 4) is 11.5 Å². The van der Waals surface area contributed by atoms with Gasteiger partial charge < -0.3 is 20.0 Å². The second-order valence-electron chi connectivity index (χ2n) is 8.15. The van der Waals surface area contributed by atoms with Gasteiger partial charge in [0.25, 0.3) is 5.91 Å². The van der Waals surface area contributed by atoms with Crippen molar-refractivity contribution < 1.29 is 35.1 Å². The number of anilines is 1. The number of nitrogens with one attached hydrogen (secondary N) is 2. The molecule has 0 unspecified atom stereocenters. The van der Waals surface area contributed by atoms with Gasteiger partial charge in [0.1, 0.15) is 6.61 Å². The van der Waals surface area contributed by atoms with E-state index in [9.17, 15) is 21.6 Å². The van der Waals surface area contributed by atoms with Crippen LogP contribution in [0.3, 0.4) is 0 Å². The molecule has 0 radical (unpaired) electrons. The smallest absolute Gasteiger partial charge is 0.446 e. The number of carbonyl (C=O) groups is 1. The molecule has 184 valence electrons. The zero-order valence-electron chi connectivity index (χ0n) is 18.6. The Hall–Kier alpha value is -3.43. The highest BCUT2D eigenvalue weighted by molar-refractivity contribution is 7.91. The van der Waals surface area contributed by atoms with E-state index in [0.717, 1.165) is 6.07 Å². The minimum absolute atomic E-state index is 0.0465. The van der Waals surface area contributed by atoms with Crippen molar-refractivity contribution in [1.82, 2.24) is 10.3 Å². The second-order valence-corrected chi connectivity index (χ2v) is 10.5. The predicted molar refractivity (Wildman–Crippen MR) is 123 cm³/mol. The van der Waals surface area contributed by atoms with Gasteiger partial charge in [0, 0.05) is 17.0 Å². The van der Waals surface area contributed by atoms with Crippen LogP contribution in [-0.2, 0) is 20.6 Å². The number of aromatic nitrogens is 1. The average Bonchev–Trinajstić information content (AvgIpc) is 2.64. The Morgan fingerprint density at radius 2 is 1.85 bits per heavy atom. The van der Waals surface area contributed by atoms with Gasteiger partial charge in [-0.05, 0) is 52.0 Å². The summed E-state index contributed by atoms with van der Waals surface area (Å²) in [6, 6.07) is 5.47. The molecule has 1 amide bonds. The molecule has 0 bridgehead atoms. The number of nitrogens with zero attached hydrogens (tertiary/aromatic N) is 2. The van der Waals surface area contributed by atoms with E-state index in [2.05, 4.69) is 23.6 Å². The number of benzene rings is 1. The lowest BCUT2D eigenvalue weighted by atomic mass is 10.1. The zero-order valence-corrected chi connectivity index (χ0v) is 20.2. The summed E-state index contributed by atoms with van der Waals surface area (Å²) in [5, 5.41) is 2.80. The van der Waals surface area contributed by atoms with E-state index < -0.39 is 43.6 Å². The maximum atomic E-state index is 12.7. The molecule has 5 N–H and O–H groups in total. The summed E-state index contributed by atoms with van der Waals surface area (Å²) in [4.78, 5) is 17.0. The molecule has 1 aromatic heterocycles. The Kier molecular flexibility index (Phi) is 6.47. The topological polar surface area (TPSA) is 199 Å². The Morgan fingerprint density at radius 1 is 1.24 bits per heavy atom. The van der Waals surface area contributed by atoms with Crippen LogP contribution >= 0.6 is 0 Å². The van der Waals surface area contributed by atoms with E-state index in [1.54, 1.807) is 39.8 Å². The Labute approximate surface area is 196 Å². The van der Waals surface area contributed by atoms with Gasteiger partial charge >= 0.3 is 20.6 Å². The summed E-state index contributed by atoms with van der Waals surface area (Å²) < 4.78 is 71.2. The van der Waals surface area contributed by atoms with Gasteiger partial charge in [-0.3, -0.25) is 19.1 Å². The van der Waals surface area contributed by atoms with E-state index >= 15 is 0 Å². The molecule has 1 aliphatic rings. The van der Waals surface area contributed by atoms with Gasteiger partial charge in [-0.2, -0.15) is 16.8 Å². The lowest BCUT2D eigenvalue weighted by Gasteiger charge is -2.28. The number of fused-ring (bicyclic) bond motifs is 1. The highest BCUT2D eigenvalue weighted by atomic mass is 32.3. The third kappa shape index (κ3) is 6.12. The number of nitrogens with two attached hydrogens (primary N) is 1. The number of carbonyl (C=O) groups excluding carboxylic acids is 1. The fraction of sp³-hybridized carbons (Fsp3) is 0.316. The number of rotatable bonds is 7. The van der Waals surface area contributed by atoms with Crippen LogP contribution in [-0.4, -0.2) is 50.3 Å². The summed E-state index contributed by atoms with van der Waals surface area (Å²) in [5.74, 6) is -1.67. The first kappa shape index (κ1) is 25.2. The fourth-order valence-corrected chi connectivity index (χ4v) is 4.40. The number of aryl methyl sites for hydroxylation is 2. The summed E-state index contributed by atoms with van der Waals surface area (Å²) in [6.07, 6.45) is 0. The van der Waals surface area contributed by atoms with Crippen LogP contribution in [0.4, 0.5) is 5.69 Å². The molecule has 3 rings (SSSR count). The largest absolute Gasteiger partial charge is 0.486 e. The normalized spacial score (nSPS) is 14.9. The van der Waals surface area contributed by atoms with E-state index in [1.807, 2.05) is 0 Å². The molecule has 1 aromatic carbocycles. The molecule has 34 heavy (non-hydrogen) atoms. The highest BCUT2D eigenvalue weighted by Crippen LogP contribution is 2.39. The molecule has 0 aliphatic carbocycles. The minimum Gasteiger partial charge on any atom is -0.486 e. The molecule has 0 fully saturated rings. The van der Waals surface area contributed by atoms with Crippen LogP contribution in [0.5, 0.6) is 11.5 Å². The Morgan fingerprint density at radius 3 is 2.44 bits per heavy atom. The van der Waals surface area contributed by atoms with Gasteiger partial charge in [-0.15, -0.1) is 4.40 Å².